The molecule has 0 saturated heterocycles. The molecule has 3 rings (SSSR count). The summed E-state index contributed by atoms with van der Waals surface area (Å²) in [6.45, 7) is 14.3. The SMILES string of the molecule is CC(C)(C)P(c1cc2c(-c3ccccc3)cccc2[cH-]1)C(C)(C)C.Cl.Cl.[Hf]. The molecule has 0 spiro atoms. The topological polar surface area (TPSA) is 0 Å². The molecule has 0 heterocycles. The second-order valence-corrected chi connectivity index (χ2v) is 12.4. The van der Waals surface area contributed by atoms with Crippen molar-refractivity contribution in [3.05, 3.63) is 60.7 Å². The van der Waals surface area contributed by atoms with Crippen molar-refractivity contribution in [2.24, 2.45) is 0 Å². The Morgan fingerprint density at radius 1 is 0.741 bits per heavy atom. The van der Waals surface area contributed by atoms with Crippen LogP contribution in [-0.4, -0.2) is 10.3 Å². The summed E-state index contributed by atoms with van der Waals surface area (Å²) in [6.07, 6.45) is 0. The molecule has 0 atom stereocenters. The van der Waals surface area contributed by atoms with Crippen LogP contribution >= 0.6 is 32.7 Å². The van der Waals surface area contributed by atoms with Gasteiger partial charge in [-0.05, 0) is 15.9 Å². The fourth-order valence-electron chi connectivity index (χ4n) is 4.00. The standard InChI is InChI=1S/C23H28P.2ClH.Hf/c1-22(2,3)24(23(4,5)6)19-15-18-13-10-14-20(21(18)16-19)17-11-8-7-9-12-17;;;/h7-16H,1-6H3;2*1H;/q-1;;;. The molecule has 0 fully saturated rings. The third-order valence-corrected chi connectivity index (χ3v) is 7.88. The zero-order valence-corrected chi connectivity index (χ0v) is 23.2. The Morgan fingerprint density at radius 2 is 1.30 bits per heavy atom. The Bertz CT molecular complexity index is 828. The van der Waals surface area contributed by atoms with E-state index in [-0.39, 0.29) is 58.6 Å². The van der Waals surface area contributed by atoms with Gasteiger partial charge < -0.3 is 0 Å². The maximum Gasteiger partial charge on any atom is 0 e. The van der Waals surface area contributed by atoms with Gasteiger partial charge in [-0.2, -0.15) is 6.07 Å². The average molecular weight is 587 g/mol. The third-order valence-electron chi connectivity index (χ3n) is 4.42. The van der Waals surface area contributed by atoms with Gasteiger partial charge in [0, 0.05) is 25.8 Å². The van der Waals surface area contributed by atoms with Gasteiger partial charge in [0.15, 0.2) is 0 Å². The summed E-state index contributed by atoms with van der Waals surface area (Å²) in [4.78, 5) is 0. The molecular formula is C23H30Cl2HfP-. The van der Waals surface area contributed by atoms with Gasteiger partial charge in [0.2, 0.25) is 0 Å². The van der Waals surface area contributed by atoms with Gasteiger partial charge in [0.1, 0.15) is 0 Å². The molecule has 4 heteroatoms. The Kier molecular flexibility index (Phi) is 10.1. The molecule has 0 N–H and O–H groups in total. The minimum absolute atomic E-state index is 0. The van der Waals surface area contributed by atoms with E-state index in [2.05, 4.69) is 102 Å². The van der Waals surface area contributed by atoms with Crippen molar-refractivity contribution in [1.29, 1.82) is 0 Å². The van der Waals surface area contributed by atoms with Crippen LogP contribution in [0.2, 0.25) is 0 Å². The maximum absolute atomic E-state index is 2.46. The zero-order valence-electron chi connectivity index (χ0n) is 17.0. The molecule has 0 unspecified atom stereocenters. The fourth-order valence-corrected chi connectivity index (χ4v) is 8.09. The zero-order chi connectivity index (χ0) is 17.5. The van der Waals surface area contributed by atoms with Gasteiger partial charge in [-0.15, -0.1) is 59.1 Å². The van der Waals surface area contributed by atoms with E-state index in [1.807, 2.05) is 0 Å². The first-order valence-electron chi connectivity index (χ1n) is 8.73. The van der Waals surface area contributed by atoms with Crippen molar-refractivity contribution in [3.63, 3.8) is 0 Å². The van der Waals surface area contributed by atoms with Crippen LogP contribution in [0.4, 0.5) is 0 Å². The van der Waals surface area contributed by atoms with E-state index in [9.17, 15) is 0 Å². The van der Waals surface area contributed by atoms with Gasteiger partial charge in [0.05, 0.1) is 0 Å². The van der Waals surface area contributed by atoms with Crippen LogP contribution in [0.5, 0.6) is 0 Å². The number of rotatable bonds is 2. The average Bonchev–Trinajstić information content (AvgIpc) is 2.87. The Hall–Kier alpha value is -0.0699. The van der Waals surface area contributed by atoms with E-state index in [0.29, 0.717) is 10.3 Å². The monoisotopic (exact) mass is 587 g/mol. The second kappa shape index (κ2) is 10.1. The molecule has 0 aliphatic carbocycles. The molecular weight excluding hydrogens is 557 g/mol. The first-order chi connectivity index (χ1) is 11.2. The van der Waals surface area contributed by atoms with Crippen molar-refractivity contribution < 1.29 is 25.8 Å². The molecule has 3 aromatic rings. The number of halogens is 2. The fraction of sp³-hybridized carbons (Fsp3) is 0.348. The van der Waals surface area contributed by atoms with Gasteiger partial charge in [0.25, 0.3) is 0 Å². The molecule has 146 valence electrons. The van der Waals surface area contributed by atoms with Crippen LogP contribution < -0.4 is 5.30 Å². The van der Waals surface area contributed by atoms with Gasteiger partial charge in [-0.25, -0.2) is 0 Å². The first kappa shape index (κ1) is 26.9. The van der Waals surface area contributed by atoms with Crippen molar-refractivity contribution >= 4 is 48.8 Å². The van der Waals surface area contributed by atoms with Crippen molar-refractivity contribution in [2.75, 3.05) is 0 Å². The summed E-state index contributed by atoms with van der Waals surface area (Å²) in [6, 6.07) is 22.3. The van der Waals surface area contributed by atoms with Crippen molar-refractivity contribution in [1.82, 2.24) is 0 Å². The Labute approximate surface area is 197 Å². The Morgan fingerprint density at radius 3 is 1.81 bits per heavy atom. The summed E-state index contributed by atoms with van der Waals surface area (Å²) in [5, 5.41) is 4.88. The number of hydrogen-bond donors (Lipinski definition) is 0. The molecule has 0 saturated carbocycles. The third kappa shape index (κ3) is 5.96. The maximum atomic E-state index is 2.46. The normalized spacial score (nSPS) is 11.5. The molecule has 3 aromatic carbocycles. The van der Waals surface area contributed by atoms with Gasteiger partial charge in [-0.3, -0.25) is 0 Å². The molecule has 0 amide bonds. The molecule has 0 bridgehead atoms. The summed E-state index contributed by atoms with van der Waals surface area (Å²) < 4.78 is 0. The number of benzene rings is 2. The Balaban J connectivity index is 0.00000225. The van der Waals surface area contributed by atoms with Crippen LogP contribution in [0.3, 0.4) is 0 Å². The molecule has 0 aliphatic rings. The molecule has 0 nitrogen and oxygen atoms in total. The summed E-state index contributed by atoms with van der Waals surface area (Å²) in [5.41, 5.74) is 2.65. The van der Waals surface area contributed by atoms with Crippen molar-refractivity contribution in [2.45, 2.75) is 51.9 Å². The molecule has 27 heavy (non-hydrogen) atoms. The smallest absolute Gasteiger partial charge is 0 e. The van der Waals surface area contributed by atoms with E-state index >= 15 is 0 Å². The first-order valence-corrected chi connectivity index (χ1v) is 10.1. The minimum Gasteiger partial charge on any atom is -0.160 e. The predicted octanol–water partition coefficient (Wildman–Crippen LogP) is 7.77. The van der Waals surface area contributed by atoms with Crippen molar-refractivity contribution in [3.8, 4) is 11.1 Å². The minimum atomic E-state index is -0.266. The van der Waals surface area contributed by atoms with Crippen LogP contribution in [-0.2, 0) is 25.8 Å². The summed E-state index contributed by atoms with van der Waals surface area (Å²) >= 11 is 0. The summed E-state index contributed by atoms with van der Waals surface area (Å²) in [5.74, 6) is 0. The molecule has 0 aliphatic heterocycles. The van der Waals surface area contributed by atoms with Crippen LogP contribution in [0.25, 0.3) is 21.9 Å². The van der Waals surface area contributed by atoms with Crippen LogP contribution in [0.15, 0.2) is 60.7 Å². The largest absolute Gasteiger partial charge is 0.160 e. The second-order valence-electron chi connectivity index (χ2n) is 8.57. The quantitative estimate of drug-likeness (QED) is 0.164. The van der Waals surface area contributed by atoms with E-state index < -0.39 is 0 Å². The summed E-state index contributed by atoms with van der Waals surface area (Å²) in [7, 11) is -0.266. The van der Waals surface area contributed by atoms with Crippen LogP contribution in [0.1, 0.15) is 41.5 Å². The van der Waals surface area contributed by atoms with Crippen LogP contribution in [0, 0.1) is 0 Å². The predicted molar refractivity (Wildman–Crippen MR) is 126 cm³/mol. The number of hydrogen-bond acceptors (Lipinski definition) is 0. The number of fused-ring (bicyclic) bond motifs is 1. The molecule has 0 aromatic heterocycles. The van der Waals surface area contributed by atoms with Gasteiger partial charge >= 0.3 is 0 Å². The van der Waals surface area contributed by atoms with E-state index in [1.165, 1.54) is 27.2 Å². The molecule has 0 radical (unpaired) electrons. The van der Waals surface area contributed by atoms with Gasteiger partial charge in [-0.1, -0.05) is 91.4 Å². The van der Waals surface area contributed by atoms with E-state index in [1.54, 1.807) is 0 Å². The van der Waals surface area contributed by atoms with E-state index in [0.717, 1.165) is 0 Å². The van der Waals surface area contributed by atoms with E-state index in [4.69, 9.17) is 0 Å².